The molecule has 4 heteroatoms. The molecule has 0 fully saturated rings. The predicted octanol–water partition coefficient (Wildman–Crippen LogP) is 5.09. The summed E-state index contributed by atoms with van der Waals surface area (Å²) in [7, 11) is 0. The molecule has 0 N–H and O–H groups in total. The van der Waals surface area contributed by atoms with Gasteiger partial charge in [0.15, 0.2) is 0 Å². The quantitative estimate of drug-likeness (QED) is 0.741. The Morgan fingerprint density at radius 3 is 2.48 bits per heavy atom. The lowest BCUT2D eigenvalue weighted by Crippen LogP contribution is -2.13. The van der Waals surface area contributed by atoms with E-state index in [9.17, 15) is 0 Å². The van der Waals surface area contributed by atoms with Gasteiger partial charge in [-0.15, -0.1) is 0 Å². The van der Waals surface area contributed by atoms with E-state index in [-0.39, 0.29) is 5.41 Å². The van der Waals surface area contributed by atoms with Crippen LogP contribution in [0.15, 0.2) is 24.3 Å². The molecule has 112 valence electrons. The van der Waals surface area contributed by atoms with Gasteiger partial charge in [0, 0.05) is 18.1 Å². The SMILES string of the molecule is CCc1nc(Cl)cc(Oc2ccc(C)cc2C(C)(C)C)n1. The normalized spacial score (nSPS) is 11.5. The molecule has 0 aliphatic rings. The summed E-state index contributed by atoms with van der Waals surface area (Å²) >= 11 is 6.02. The third kappa shape index (κ3) is 3.94. The van der Waals surface area contributed by atoms with E-state index >= 15 is 0 Å². The van der Waals surface area contributed by atoms with E-state index < -0.39 is 0 Å². The molecule has 0 atom stereocenters. The van der Waals surface area contributed by atoms with Gasteiger partial charge in [0.1, 0.15) is 16.7 Å². The van der Waals surface area contributed by atoms with Crippen LogP contribution in [-0.2, 0) is 11.8 Å². The number of nitrogens with zero attached hydrogens (tertiary/aromatic N) is 2. The summed E-state index contributed by atoms with van der Waals surface area (Å²) in [6.07, 6.45) is 0.719. The highest BCUT2D eigenvalue weighted by molar-refractivity contribution is 6.29. The molecule has 1 heterocycles. The highest BCUT2D eigenvalue weighted by atomic mass is 35.5. The Labute approximate surface area is 131 Å². The minimum Gasteiger partial charge on any atom is -0.439 e. The smallest absolute Gasteiger partial charge is 0.224 e. The maximum absolute atomic E-state index is 6.02. The zero-order chi connectivity index (χ0) is 15.6. The molecular weight excluding hydrogens is 284 g/mol. The topological polar surface area (TPSA) is 35.0 Å². The first-order valence-corrected chi connectivity index (χ1v) is 7.50. The molecule has 1 aromatic carbocycles. The minimum absolute atomic E-state index is 0.00817. The van der Waals surface area contributed by atoms with E-state index in [0.717, 1.165) is 17.7 Å². The van der Waals surface area contributed by atoms with Crippen LogP contribution in [0, 0.1) is 6.92 Å². The van der Waals surface area contributed by atoms with Crippen molar-refractivity contribution < 1.29 is 4.74 Å². The van der Waals surface area contributed by atoms with E-state index in [2.05, 4.69) is 43.7 Å². The number of aromatic nitrogens is 2. The molecule has 0 spiro atoms. The van der Waals surface area contributed by atoms with E-state index in [1.165, 1.54) is 5.56 Å². The van der Waals surface area contributed by atoms with Crippen LogP contribution >= 0.6 is 11.6 Å². The van der Waals surface area contributed by atoms with Gasteiger partial charge in [-0.1, -0.05) is 57.0 Å². The van der Waals surface area contributed by atoms with Gasteiger partial charge in [-0.05, 0) is 18.4 Å². The van der Waals surface area contributed by atoms with Crippen LogP contribution in [0.1, 0.15) is 44.6 Å². The number of benzene rings is 1. The van der Waals surface area contributed by atoms with Gasteiger partial charge in [-0.3, -0.25) is 0 Å². The second-order valence-electron chi connectivity index (χ2n) is 6.15. The zero-order valence-corrected chi connectivity index (χ0v) is 14.0. The molecule has 0 amide bonds. The maximum Gasteiger partial charge on any atom is 0.224 e. The van der Waals surface area contributed by atoms with E-state index in [0.29, 0.717) is 16.9 Å². The molecule has 21 heavy (non-hydrogen) atoms. The molecule has 0 saturated carbocycles. The average molecular weight is 305 g/mol. The molecule has 0 aliphatic heterocycles. The van der Waals surface area contributed by atoms with E-state index in [1.54, 1.807) is 6.07 Å². The van der Waals surface area contributed by atoms with Crippen LogP contribution in [0.3, 0.4) is 0 Å². The summed E-state index contributed by atoms with van der Waals surface area (Å²) in [5.74, 6) is 1.98. The molecule has 3 nitrogen and oxygen atoms in total. The van der Waals surface area contributed by atoms with Crippen molar-refractivity contribution in [3.05, 3.63) is 46.4 Å². The Morgan fingerprint density at radius 1 is 1.14 bits per heavy atom. The fourth-order valence-corrected chi connectivity index (χ4v) is 2.27. The number of hydrogen-bond acceptors (Lipinski definition) is 3. The van der Waals surface area contributed by atoms with Crippen LogP contribution in [0.4, 0.5) is 0 Å². The van der Waals surface area contributed by atoms with Crippen molar-refractivity contribution in [1.29, 1.82) is 0 Å². The van der Waals surface area contributed by atoms with Gasteiger partial charge in [-0.2, -0.15) is 4.98 Å². The number of halogens is 1. The molecule has 0 aliphatic carbocycles. The van der Waals surface area contributed by atoms with Gasteiger partial charge < -0.3 is 4.74 Å². The van der Waals surface area contributed by atoms with Crippen molar-refractivity contribution in [3.8, 4) is 11.6 Å². The van der Waals surface area contributed by atoms with Crippen molar-refractivity contribution in [2.24, 2.45) is 0 Å². The third-order valence-electron chi connectivity index (χ3n) is 3.19. The van der Waals surface area contributed by atoms with Gasteiger partial charge in [0.05, 0.1) is 0 Å². The second kappa shape index (κ2) is 6.02. The van der Waals surface area contributed by atoms with Crippen molar-refractivity contribution in [2.45, 2.75) is 46.5 Å². The standard InChI is InChI=1S/C17H21ClN2O/c1-6-15-19-14(18)10-16(20-15)21-13-8-7-11(2)9-12(13)17(3,4)5/h7-10H,6H2,1-5H3. The summed E-state index contributed by atoms with van der Waals surface area (Å²) in [5.41, 5.74) is 2.35. The van der Waals surface area contributed by atoms with Crippen molar-refractivity contribution >= 4 is 11.6 Å². The van der Waals surface area contributed by atoms with E-state index in [1.807, 2.05) is 19.1 Å². The summed E-state index contributed by atoms with van der Waals surface area (Å²) in [6, 6.07) is 7.82. The number of rotatable bonds is 3. The Kier molecular flexibility index (Phi) is 4.52. The molecule has 1 aromatic heterocycles. The Hall–Kier alpha value is -1.61. The third-order valence-corrected chi connectivity index (χ3v) is 3.39. The Balaban J connectivity index is 2.42. The average Bonchev–Trinajstić information content (AvgIpc) is 2.39. The van der Waals surface area contributed by atoms with Crippen LogP contribution in [0.2, 0.25) is 5.15 Å². The lowest BCUT2D eigenvalue weighted by Gasteiger charge is -2.23. The van der Waals surface area contributed by atoms with Crippen LogP contribution in [-0.4, -0.2) is 9.97 Å². The maximum atomic E-state index is 6.02. The molecule has 0 saturated heterocycles. The first-order valence-electron chi connectivity index (χ1n) is 7.12. The van der Waals surface area contributed by atoms with E-state index in [4.69, 9.17) is 16.3 Å². The first-order chi connectivity index (χ1) is 9.79. The first kappa shape index (κ1) is 15.8. The van der Waals surface area contributed by atoms with Crippen molar-refractivity contribution in [3.63, 3.8) is 0 Å². The molecule has 2 rings (SSSR count). The van der Waals surface area contributed by atoms with Gasteiger partial charge in [0.2, 0.25) is 5.88 Å². The molecule has 0 bridgehead atoms. The fourth-order valence-electron chi connectivity index (χ4n) is 2.08. The summed E-state index contributed by atoms with van der Waals surface area (Å²) in [5, 5.41) is 0.404. The largest absolute Gasteiger partial charge is 0.439 e. The second-order valence-corrected chi connectivity index (χ2v) is 6.54. The molecular formula is C17H21ClN2O. The molecule has 0 unspecified atom stereocenters. The highest BCUT2D eigenvalue weighted by Crippen LogP contribution is 2.34. The van der Waals surface area contributed by atoms with Gasteiger partial charge >= 0.3 is 0 Å². The molecule has 0 radical (unpaired) electrons. The lowest BCUT2D eigenvalue weighted by molar-refractivity contribution is 0.436. The van der Waals surface area contributed by atoms with Gasteiger partial charge in [0.25, 0.3) is 0 Å². The van der Waals surface area contributed by atoms with Crippen molar-refractivity contribution in [2.75, 3.05) is 0 Å². The fraction of sp³-hybridized carbons (Fsp3) is 0.412. The summed E-state index contributed by atoms with van der Waals surface area (Å²) < 4.78 is 5.98. The lowest BCUT2D eigenvalue weighted by atomic mass is 9.85. The number of ether oxygens (including phenoxy) is 1. The number of aryl methyl sites for hydroxylation is 2. The van der Waals surface area contributed by atoms with Crippen LogP contribution in [0.25, 0.3) is 0 Å². The predicted molar refractivity (Wildman–Crippen MR) is 86.4 cm³/mol. The van der Waals surface area contributed by atoms with Crippen LogP contribution in [0.5, 0.6) is 11.6 Å². The zero-order valence-electron chi connectivity index (χ0n) is 13.2. The minimum atomic E-state index is -0.00817. The number of hydrogen-bond donors (Lipinski definition) is 0. The highest BCUT2D eigenvalue weighted by Gasteiger charge is 2.20. The van der Waals surface area contributed by atoms with Gasteiger partial charge in [-0.25, -0.2) is 4.98 Å². The Bertz CT molecular complexity index is 648. The van der Waals surface area contributed by atoms with Crippen LogP contribution < -0.4 is 4.74 Å². The van der Waals surface area contributed by atoms with Crippen molar-refractivity contribution in [1.82, 2.24) is 9.97 Å². The summed E-state index contributed by atoms with van der Waals surface area (Å²) in [6.45, 7) is 10.6. The summed E-state index contributed by atoms with van der Waals surface area (Å²) in [4.78, 5) is 8.53. The monoisotopic (exact) mass is 304 g/mol. The molecule has 2 aromatic rings. The Morgan fingerprint density at radius 2 is 1.86 bits per heavy atom.